The van der Waals surface area contributed by atoms with E-state index in [1.807, 2.05) is 49.4 Å². The Balaban J connectivity index is 1.50. The number of carbonyl (C=O) groups excluding carboxylic acids is 1. The van der Waals surface area contributed by atoms with Crippen LogP contribution in [0.5, 0.6) is 0 Å². The van der Waals surface area contributed by atoms with Crippen molar-refractivity contribution in [3.63, 3.8) is 0 Å². The van der Waals surface area contributed by atoms with Crippen molar-refractivity contribution in [1.82, 2.24) is 20.0 Å². The molecule has 3 aromatic heterocycles. The lowest BCUT2D eigenvalue weighted by Gasteiger charge is -2.00. The lowest BCUT2D eigenvalue weighted by Crippen LogP contribution is -2.12. The molecule has 0 saturated heterocycles. The summed E-state index contributed by atoms with van der Waals surface area (Å²) in [5.74, 6) is 1.53. The van der Waals surface area contributed by atoms with E-state index in [-0.39, 0.29) is 5.91 Å². The van der Waals surface area contributed by atoms with Crippen molar-refractivity contribution in [3.8, 4) is 17.1 Å². The molecule has 1 N–H and O–H groups in total. The third-order valence-electron chi connectivity index (χ3n) is 4.54. The summed E-state index contributed by atoms with van der Waals surface area (Å²) in [5, 5.41) is 17.2. The molecule has 0 bridgehead atoms. The Morgan fingerprint density at radius 2 is 2.00 bits per heavy atom. The Morgan fingerprint density at radius 1 is 1.18 bits per heavy atom. The van der Waals surface area contributed by atoms with Crippen molar-refractivity contribution in [2.75, 3.05) is 5.32 Å². The van der Waals surface area contributed by atoms with Crippen molar-refractivity contribution in [2.45, 2.75) is 25.7 Å². The van der Waals surface area contributed by atoms with E-state index in [0.717, 1.165) is 29.3 Å². The number of para-hydroxylation sites is 1. The first-order chi connectivity index (χ1) is 13.7. The zero-order chi connectivity index (χ0) is 19.1. The molecule has 0 atom stereocenters. The van der Waals surface area contributed by atoms with Gasteiger partial charge in [-0.05, 0) is 44.0 Å². The van der Waals surface area contributed by atoms with Crippen LogP contribution in [0.2, 0.25) is 0 Å². The van der Waals surface area contributed by atoms with Crippen LogP contribution in [0.3, 0.4) is 0 Å². The van der Waals surface area contributed by atoms with Crippen LogP contribution in [0.15, 0.2) is 53.1 Å². The fraction of sp³-hybridized carbons (Fsp3) is 0.200. The third kappa shape index (κ3) is 3.22. The number of hydrogen-bond acceptors (Lipinski definition) is 6. The second kappa shape index (κ2) is 6.72. The van der Waals surface area contributed by atoms with Crippen molar-refractivity contribution in [3.05, 3.63) is 65.0 Å². The van der Waals surface area contributed by atoms with Crippen LogP contribution >= 0.6 is 11.3 Å². The summed E-state index contributed by atoms with van der Waals surface area (Å²) < 4.78 is 7.40. The van der Waals surface area contributed by atoms with Crippen LogP contribution in [-0.2, 0) is 0 Å². The third-order valence-corrected chi connectivity index (χ3v) is 5.54. The van der Waals surface area contributed by atoms with Crippen LogP contribution in [0.4, 0.5) is 5.13 Å². The lowest BCUT2D eigenvalue weighted by molar-refractivity contribution is 0.102. The zero-order valence-corrected chi connectivity index (χ0v) is 15.9. The van der Waals surface area contributed by atoms with Gasteiger partial charge in [-0.3, -0.25) is 10.1 Å². The van der Waals surface area contributed by atoms with Crippen molar-refractivity contribution >= 4 is 22.4 Å². The first kappa shape index (κ1) is 16.9. The highest BCUT2D eigenvalue weighted by Gasteiger charge is 2.28. The van der Waals surface area contributed by atoms with Gasteiger partial charge in [0.1, 0.15) is 16.5 Å². The van der Waals surface area contributed by atoms with Crippen molar-refractivity contribution in [1.29, 1.82) is 0 Å². The van der Waals surface area contributed by atoms with E-state index in [9.17, 15) is 4.79 Å². The Bertz CT molecular complexity index is 1140. The molecule has 1 amide bonds. The normalized spacial score (nSPS) is 13.6. The maximum Gasteiger partial charge on any atom is 0.261 e. The SMILES string of the molecule is Cc1ccc(-c2nn(-c3ccccc3)cc2C(=O)Nc2nnc(C3CC3)s2)o1. The first-order valence-corrected chi connectivity index (χ1v) is 9.85. The summed E-state index contributed by atoms with van der Waals surface area (Å²) in [7, 11) is 0. The molecule has 0 radical (unpaired) electrons. The lowest BCUT2D eigenvalue weighted by atomic mass is 10.2. The Morgan fingerprint density at radius 3 is 2.71 bits per heavy atom. The molecule has 3 heterocycles. The van der Waals surface area contributed by atoms with E-state index in [1.54, 1.807) is 10.9 Å². The van der Waals surface area contributed by atoms with Crippen LogP contribution in [0.25, 0.3) is 17.1 Å². The van der Waals surface area contributed by atoms with E-state index >= 15 is 0 Å². The summed E-state index contributed by atoms with van der Waals surface area (Å²) in [6, 6.07) is 13.3. The van der Waals surface area contributed by atoms with E-state index < -0.39 is 0 Å². The fourth-order valence-electron chi connectivity index (χ4n) is 2.94. The van der Waals surface area contributed by atoms with Gasteiger partial charge in [-0.1, -0.05) is 29.5 Å². The number of amides is 1. The van der Waals surface area contributed by atoms with Gasteiger partial charge in [0.2, 0.25) is 5.13 Å². The Kier molecular flexibility index (Phi) is 4.05. The van der Waals surface area contributed by atoms with E-state index in [4.69, 9.17) is 4.42 Å². The number of rotatable bonds is 5. The van der Waals surface area contributed by atoms with Crippen molar-refractivity contribution < 1.29 is 9.21 Å². The summed E-state index contributed by atoms with van der Waals surface area (Å²) >= 11 is 1.43. The summed E-state index contributed by atoms with van der Waals surface area (Å²) in [5.41, 5.74) is 1.76. The average molecular weight is 391 g/mol. The van der Waals surface area contributed by atoms with Gasteiger partial charge in [-0.15, -0.1) is 10.2 Å². The molecule has 1 fully saturated rings. The monoisotopic (exact) mass is 391 g/mol. The number of hydrogen-bond donors (Lipinski definition) is 1. The molecule has 0 aliphatic heterocycles. The molecule has 1 aliphatic rings. The number of anilines is 1. The highest BCUT2D eigenvalue weighted by molar-refractivity contribution is 7.15. The van der Waals surface area contributed by atoms with Gasteiger partial charge in [-0.2, -0.15) is 5.10 Å². The quantitative estimate of drug-likeness (QED) is 0.544. The topological polar surface area (TPSA) is 85.8 Å². The molecule has 0 unspecified atom stereocenters. The van der Waals surface area contributed by atoms with Crippen LogP contribution in [0.1, 0.15) is 39.9 Å². The predicted molar refractivity (Wildman–Crippen MR) is 106 cm³/mol. The number of carbonyl (C=O) groups is 1. The molecule has 0 spiro atoms. The van der Waals surface area contributed by atoms with Gasteiger partial charge in [0, 0.05) is 12.1 Å². The minimum absolute atomic E-state index is 0.287. The molecule has 140 valence electrons. The van der Waals surface area contributed by atoms with Gasteiger partial charge in [0.05, 0.1) is 11.3 Å². The zero-order valence-electron chi connectivity index (χ0n) is 15.1. The number of furan rings is 1. The second-order valence-corrected chi connectivity index (χ2v) is 7.76. The molecule has 4 aromatic rings. The molecule has 1 aromatic carbocycles. The summed E-state index contributed by atoms with van der Waals surface area (Å²) in [6.45, 7) is 1.86. The maximum absolute atomic E-state index is 13.0. The molecule has 28 heavy (non-hydrogen) atoms. The number of aromatic nitrogens is 4. The highest BCUT2D eigenvalue weighted by atomic mass is 32.1. The van der Waals surface area contributed by atoms with Crippen LogP contribution < -0.4 is 5.32 Å². The van der Waals surface area contributed by atoms with Gasteiger partial charge in [0.25, 0.3) is 5.91 Å². The molecular weight excluding hydrogens is 374 g/mol. The number of nitrogens with zero attached hydrogens (tertiary/aromatic N) is 4. The van der Waals surface area contributed by atoms with Gasteiger partial charge < -0.3 is 4.42 Å². The average Bonchev–Trinajstić information content (AvgIpc) is 3.10. The minimum Gasteiger partial charge on any atom is -0.460 e. The summed E-state index contributed by atoms with van der Waals surface area (Å²) in [6.07, 6.45) is 4.00. The smallest absolute Gasteiger partial charge is 0.261 e. The maximum atomic E-state index is 13.0. The number of benzene rings is 1. The minimum atomic E-state index is -0.287. The summed E-state index contributed by atoms with van der Waals surface area (Å²) in [4.78, 5) is 13.0. The largest absolute Gasteiger partial charge is 0.460 e. The van der Waals surface area contributed by atoms with Gasteiger partial charge in [-0.25, -0.2) is 4.68 Å². The molecule has 8 heteroatoms. The van der Waals surface area contributed by atoms with Crippen molar-refractivity contribution in [2.24, 2.45) is 0 Å². The standard InChI is InChI=1S/C20H17N5O2S/c1-12-7-10-16(27-12)17-15(11-25(24-17)14-5-3-2-4-6-14)18(26)21-20-23-22-19(28-20)13-8-9-13/h2-7,10-11,13H,8-9H2,1H3,(H,21,23,26). The van der Waals surface area contributed by atoms with Crippen LogP contribution in [-0.4, -0.2) is 25.9 Å². The number of aryl methyl sites for hydroxylation is 1. The van der Waals surface area contributed by atoms with E-state index in [0.29, 0.717) is 28.1 Å². The van der Waals surface area contributed by atoms with E-state index in [2.05, 4.69) is 20.6 Å². The van der Waals surface area contributed by atoms with Crippen LogP contribution in [0, 0.1) is 6.92 Å². The van der Waals surface area contributed by atoms with E-state index in [1.165, 1.54) is 11.3 Å². The van der Waals surface area contributed by atoms with Gasteiger partial charge >= 0.3 is 0 Å². The Hall–Kier alpha value is -3.26. The fourth-order valence-corrected chi connectivity index (χ4v) is 3.85. The molecule has 1 saturated carbocycles. The Labute approximate surface area is 165 Å². The predicted octanol–water partition coefficient (Wildman–Crippen LogP) is 4.42. The molecular formula is C20H17N5O2S. The second-order valence-electron chi connectivity index (χ2n) is 6.76. The molecule has 5 rings (SSSR count). The highest BCUT2D eigenvalue weighted by Crippen LogP contribution is 2.42. The molecule has 1 aliphatic carbocycles. The first-order valence-electron chi connectivity index (χ1n) is 9.04. The van der Waals surface area contributed by atoms with Gasteiger partial charge in [0.15, 0.2) is 5.76 Å². The number of nitrogens with one attached hydrogen (secondary N) is 1. The molecule has 7 nitrogen and oxygen atoms in total.